The predicted molar refractivity (Wildman–Crippen MR) is 130 cm³/mol. The zero-order valence-corrected chi connectivity index (χ0v) is 20.3. The van der Waals surface area contributed by atoms with Crippen molar-refractivity contribution in [3.05, 3.63) is 53.2 Å². The number of benzene rings is 1. The molecule has 1 aliphatic rings. The van der Waals surface area contributed by atoms with E-state index in [0.717, 1.165) is 16.9 Å². The lowest BCUT2D eigenvalue weighted by atomic mass is 9.92. The minimum atomic E-state index is -2.33. The maximum Gasteiger partial charge on any atom is 0.251 e. The topological polar surface area (TPSA) is 59.2 Å². The van der Waals surface area contributed by atoms with Gasteiger partial charge in [-0.2, -0.15) is 15.3 Å². The van der Waals surface area contributed by atoms with Crippen molar-refractivity contribution in [1.82, 2.24) is 29.7 Å². The van der Waals surface area contributed by atoms with Gasteiger partial charge in [-0.3, -0.25) is 4.90 Å². The standard InChI is InChI=1S/C23H23F3N6.2ClH/c1-13-7-20(30-32-11-14(2)27-23(13)32)16-8-18(24)17-10-19(28-29-21(17)9-16)15-3-5-31(6-4-15)12-22(25)26;;/h7-11,15,22H,3-6,12H2,1-2H3;2*1H. The van der Waals surface area contributed by atoms with E-state index in [4.69, 9.17) is 0 Å². The van der Waals surface area contributed by atoms with Crippen molar-refractivity contribution in [2.24, 2.45) is 0 Å². The van der Waals surface area contributed by atoms with Gasteiger partial charge < -0.3 is 0 Å². The van der Waals surface area contributed by atoms with Gasteiger partial charge in [0.15, 0.2) is 5.65 Å². The van der Waals surface area contributed by atoms with Crippen molar-refractivity contribution in [2.75, 3.05) is 19.6 Å². The molecule has 4 aromatic rings. The number of rotatable bonds is 4. The summed E-state index contributed by atoms with van der Waals surface area (Å²) in [5.74, 6) is -0.291. The summed E-state index contributed by atoms with van der Waals surface area (Å²) in [6, 6.07) is 6.89. The van der Waals surface area contributed by atoms with Crippen LogP contribution in [-0.4, -0.2) is 55.8 Å². The molecule has 11 heteroatoms. The zero-order valence-electron chi connectivity index (χ0n) is 18.7. The van der Waals surface area contributed by atoms with E-state index >= 15 is 4.39 Å². The van der Waals surface area contributed by atoms with E-state index in [1.54, 1.807) is 21.5 Å². The Morgan fingerprint density at radius 1 is 1.03 bits per heavy atom. The van der Waals surface area contributed by atoms with Crippen LogP contribution < -0.4 is 0 Å². The number of nitrogens with zero attached hydrogens (tertiary/aromatic N) is 6. The van der Waals surface area contributed by atoms with Gasteiger partial charge in [-0.15, -0.1) is 24.8 Å². The second-order valence-electron chi connectivity index (χ2n) is 8.49. The third kappa shape index (κ3) is 5.11. The molecule has 4 heterocycles. The van der Waals surface area contributed by atoms with Gasteiger partial charge in [-0.1, -0.05) is 0 Å². The molecule has 0 saturated carbocycles. The SMILES string of the molecule is Cc1cn2nc(-c3cc(F)c4cc(C5CCN(CC(F)F)CC5)nnc4c3)cc(C)c2n1.Cl.Cl. The van der Waals surface area contributed by atoms with Gasteiger partial charge in [-0.25, -0.2) is 22.7 Å². The van der Waals surface area contributed by atoms with Crippen LogP contribution in [0.2, 0.25) is 0 Å². The van der Waals surface area contributed by atoms with Gasteiger partial charge in [-0.05, 0) is 69.6 Å². The van der Waals surface area contributed by atoms with E-state index in [9.17, 15) is 8.78 Å². The highest BCUT2D eigenvalue weighted by Gasteiger charge is 2.24. The number of aromatic nitrogens is 5. The van der Waals surface area contributed by atoms with E-state index in [0.29, 0.717) is 53.8 Å². The molecule has 0 amide bonds. The summed E-state index contributed by atoms with van der Waals surface area (Å²) in [4.78, 5) is 6.21. The van der Waals surface area contributed by atoms with Crippen molar-refractivity contribution >= 4 is 41.4 Å². The van der Waals surface area contributed by atoms with Gasteiger partial charge in [0.2, 0.25) is 0 Å². The normalized spacial score (nSPS) is 15.0. The van der Waals surface area contributed by atoms with Gasteiger partial charge >= 0.3 is 0 Å². The van der Waals surface area contributed by atoms with Crippen molar-refractivity contribution in [3.8, 4) is 11.3 Å². The summed E-state index contributed by atoms with van der Waals surface area (Å²) in [5.41, 5.74) is 5.00. The second kappa shape index (κ2) is 10.4. The fourth-order valence-electron chi connectivity index (χ4n) is 4.46. The van der Waals surface area contributed by atoms with E-state index < -0.39 is 6.43 Å². The first-order valence-corrected chi connectivity index (χ1v) is 10.7. The summed E-state index contributed by atoms with van der Waals surface area (Å²) in [6.07, 6.45) is 0.925. The molecule has 1 aliphatic heterocycles. The molecule has 0 spiro atoms. The Kier molecular flexibility index (Phi) is 8.00. The van der Waals surface area contributed by atoms with Crippen LogP contribution in [0.4, 0.5) is 13.2 Å². The largest absolute Gasteiger partial charge is 0.298 e. The summed E-state index contributed by atoms with van der Waals surface area (Å²) >= 11 is 0. The molecule has 0 N–H and O–H groups in total. The first kappa shape index (κ1) is 26.1. The number of halogens is 5. The number of likely N-dealkylation sites (tertiary alicyclic amines) is 1. The van der Waals surface area contributed by atoms with Crippen LogP contribution in [0.3, 0.4) is 0 Å². The molecular weight excluding hydrogens is 488 g/mol. The van der Waals surface area contributed by atoms with Gasteiger partial charge in [0, 0.05) is 16.9 Å². The predicted octanol–water partition coefficient (Wildman–Crippen LogP) is 5.38. The highest BCUT2D eigenvalue weighted by molar-refractivity contribution is 5.86. The molecule has 5 rings (SSSR count). The van der Waals surface area contributed by atoms with Gasteiger partial charge in [0.25, 0.3) is 6.43 Å². The minimum Gasteiger partial charge on any atom is -0.298 e. The van der Waals surface area contributed by atoms with Crippen LogP contribution in [0.5, 0.6) is 0 Å². The highest BCUT2D eigenvalue weighted by Crippen LogP contribution is 2.31. The van der Waals surface area contributed by atoms with E-state index in [1.807, 2.05) is 26.1 Å². The number of aryl methyl sites for hydroxylation is 2. The van der Waals surface area contributed by atoms with Crippen LogP contribution in [0.15, 0.2) is 30.5 Å². The maximum absolute atomic E-state index is 15.1. The first-order chi connectivity index (χ1) is 15.4. The highest BCUT2D eigenvalue weighted by atomic mass is 35.5. The molecule has 0 unspecified atom stereocenters. The number of hydrogen-bond donors (Lipinski definition) is 0. The molecule has 1 aromatic carbocycles. The Balaban J connectivity index is 0.00000162. The van der Waals surface area contributed by atoms with E-state index in [-0.39, 0.29) is 43.1 Å². The average Bonchev–Trinajstić information content (AvgIpc) is 3.14. The summed E-state index contributed by atoms with van der Waals surface area (Å²) in [7, 11) is 0. The zero-order chi connectivity index (χ0) is 22.4. The number of imidazole rings is 1. The lowest BCUT2D eigenvalue weighted by molar-refractivity contribution is 0.0751. The smallest absolute Gasteiger partial charge is 0.251 e. The molecular formula is C23H25Cl2F3N6. The summed E-state index contributed by atoms with van der Waals surface area (Å²) in [6.45, 7) is 4.81. The molecule has 0 bridgehead atoms. The first-order valence-electron chi connectivity index (χ1n) is 10.7. The summed E-state index contributed by atoms with van der Waals surface area (Å²) < 4.78 is 42.0. The minimum absolute atomic E-state index is 0. The van der Waals surface area contributed by atoms with Crippen LogP contribution in [0, 0.1) is 19.7 Å². The number of alkyl halides is 2. The summed E-state index contributed by atoms with van der Waals surface area (Å²) in [5, 5.41) is 13.6. The average molecular weight is 513 g/mol. The number of piperidine rings is 1. The Morgan fingerprint density at radius 2 is 1.76 bits per heavy atom. The number of hydrogen-bond acceptors (Lipinski definition) is 5. The molecule has 0 atom stereocenters. The van der Waals surface area contributed by atoms with E-state index in [2.05, 4.69) is 20.3 Å². The molecule has 1 fully saturated rings. The lowest BCUT2D eigenvalue weighted by Gasteiger charge is -2.31. The van der Waals surface area contributed by atoms with Gasteiger partial charge in [0.05, 0.1) is 35.3 Å². The van der Waals surface area contributed by atoms with Crippen molar-refractivity contribution in [3.63, 3.8) is 0 Å². The van der Waals surface area contributed by atoms with E-state index in [1.165, 1.54) is 6.07 Å². The third-order valence-corrected chi connectivity index (χ3v) is 6.10. The fourth-order valence-corrected chi connectivity index (χ4v) is 4.46. The molecule has 6 nitrogen and oxygen atoms in total. The lowest BCUT2D eigenvalue weighted by Crippen LogP contribution is -2.36. The van der Waals surface area contributed by atoms with Crippen LogP contribution >= 0.6 is 24.8 Å². The van der Waals surface area contributed by atoms with Crippen LogP contribution in [0.1, 0.15) is 35.7 Å². The number of fused-ring (bicyclic) bond motifs is 2. The molecule has 0 aliphatic carbocycles. The van der Waals surface area contributed by atoms with Crippen molar-refractivity contribution in [1.29, 1.82) is 0 Å². The Hall–Kier alpha value is -2.49. The Labute approximate surface area is 207 Å². The Bertz CT molecular complexity index is 1310. The quantitative estimate of drug-likeness (QED) is 0.367. The molecule has 34 heavy (non-hydrogen) atoms. The molecule has 182 valence electrons. The second-order valence-corrected chi connectivity index (χ2v) is 8.49. The monoisotopic (exact) mass is 512 g/mol. The third-order valence-electron chi connectivity index (χ3n) is 6.10. The molecule has 0 radical (unpaired) electrons. The molecule has 3 aromatic heterocycles. The van der Waals surface area contributed by atoms with Crippen LogP contribution in [-0.2, 0) is 0 Å². The maximum atomic E-state index is 15.1. The Morgan fingerprint density at radius 3 is 2.47 bits per heavy atom. The fraction of sp³-hybridized carbons (Fsp3) is 0.391. The van der Waals surface area contributed by atoms with Gasteiger partial charge in [0.1, 0.15) is 5.82 Å². The molecule has 1 saturated heterocycles. The van der Waals surface area contributed by atoms with Crippen LogP contribution in [0.25, 0.3) is 27.8 Å². The van der Waals surface area contributed by atoms with Crippen molar-refractivity contribution < 1.29 is 13.2 Å². The van der Waals surface area contributed by atoms with Crippen molar-refractivity contribution in [2.45, 2.75) is 39.0 Å².